The molecule has 1 atom stereocenters. The summed E-state index contributed by atoms with van der Waals surface area (Å²) < 4.78 is 18.4. The number of carbonyl (C=O) groups is 2. The van der Waals surface area contributed by atoms with E-state index in [9.17, 15) is 14.0 Å². The lowest BCUT2D eigenvalue weighted by atomic mass is 9.97. The summed E-state index contributed by atoms with van der Waals surface area (Å²) in [6.07, 6.45) is 1.39. The SMILES string of the molecule is COc1ccc(F)cc1C(=O)N1CCCC(C(N)=O)C1. The van der Waals surface area contributed by atoms with E-state index in [1.807, 2.05) is 0 Å². The lowest BCUT2D eigenvalue weighted by Crippen LogP contribution is -2.44. The number of primary amides is 1. The quantitative estimate of drug-likeness (QED) is 0.903. The number of nitrogens with zero attached hydrogens (tertiary/aromatic N) is 1. The number of halogens is 1. The second kappa shape index (κ2) is 5.90. The fraction of sp³-hybridized carbons (Fsp3) is 0.429. The van der Waals surface area contributed by atoms with Crippen molar-refractivity contribution in [2.24, 2.45) is 11.7 Å². The van der Waals surface area contributed by atoms with E-state index < -0.39 is 11.7 Å². The van der Waals surface area contributed by atoms with E-state index >= 15 is 0 Å². The van der Waals surface area contributed by atoms with Crippen molar-refractivity contribution < 1.29 is 18.7 Å². The van der Waals surface area contributed by atoms with E-state index in [0.29, 0.717) is 25.1 Å². The maximum absolute atomic E-state index is 13.3. The third kappa shape index (κ3) is 2.89. The van der Waals surface area contributed by atoms with Crippen LogP contribution in [0.5, 0.6) is 5.75 Å². The van der Waals surface area contributed by atoms with Crippen molar-refractivity contribution in [3.05, 3.63) is 29.6 Å². The molecule has 0 radical (unpaired) electrons. The largest absolute Gasteiger partial charge is 0.496 e. The van der Waals surface area contributed by atoms with Gasteiger partial charge in [0.1, 0.15) is 11.6 Å². The molecule has 1 aromatic carbocycles. The molecule has 2 N–H and O–H groups in total. The third-order valence-electron chi connectivity index (χ3n) is 3.50. The molecule has 5 nitrogen and oxygen atoms in total. The Bertz CT molecular complexity index is 533. The third-order valence-corrected chi connectivity index (χ3v) is 3.50. The van der Waals surface area contributed by atoms with Crippen LogP contribution in [0.2, 0.25) is 0 Å². The average Bonchev–Trinajstić information content (AvgIpc) is 2.46. The maximum Gasteiger partial charge on any atom is 0.257 e. The number of hydrogen-bond acceptors (Lipinski definition) is 3. The molecule has 2 rings (SSSR count). The van der Waals surface area contributed by atoms with Crippen molar-refractivity contribution in [1.29, 1.82) is 0 Å². The van der Waals surface area contributed by atoms with E-state index in [1.165, 1.54) is 24.1 Å². The van der Waals surface area contributed by atoms with Gasteiger partial charge in [-0.25, -0.2) is 4.39 Å². The van der Waals surface area contributed by atoms with Crippen LogP contribution in [0.25, 0.3) is 0 Å². The van der Waals surface area contributed by atoms with Gasteiger partial charge < -0.3 is 15.4 Å². The summed E-state index contributed by atoms with van der Waals surface area (Å²) in [5.74, 6) is -1.27. The molecule has 1 unspecified atom stereocenters. The van der Waals surface area contributed by atoms with Crippen LogP contribution in [0.4, 0.5) is 4.39 Å². The summed E-state index contributed by atoms with van der Waals surface area (Å²) in [6.45, 7) is 0.802. The number of piperidine rings is 1. The number of likely N-dealkylation sites (tertiary alicyclic amines) is 1. The van der Waals surface area contributed by atoms with E-state index in [-0.39, 0.29) is 23.9 Å². The number of benzene rings is 1. The molecule has 2 amide bonds. The zero-order valence-electron chi connectivity index (χ0n) is 11.3. The van der Waals surface area contributed by atoms with Gasteiger partial charge in [0.05, 0.1) is 18.6 Å². The predicted molar refractivity (Wildman–Crippen MR) is 70.8 cm³/mol. The van der Waals surface area contributed by atoms with Gasteiger partial charge in [0, 0.05) is 13.1 Å². The van der Waals surface area contributed by atoms with Crippen LogP contribution in [-0.2, 0) is 4.79 Å². The minimum Gasteiger partial charge on any atom is -0.496 e. The molecule has 1 heterocycles. The summed E-state index contributed by atoms with van der Waals surface area (Å²) in [5.41, 5.74) is 5.45. The lowest BCUT2D eigenvalue weighted by molar-refractivity contribution is -0.123. The predicted octanol–water partition coefficient (Wildman–Crippen LogP) is 1.17. The molecule has 0 saturated carbocycles. The Morgan fingerprint density at radius 3 is 2.85 bits per heavy atom. The van der Waals surface area contributed by atoms with Gasteiger partial charge in [-0.05, 0) is 31.0 Å². The fourth-order valence-electron chi connectivity index (χ4n) is 2.41. The van der Waals surface area contributed by atoms with Crippen LogP contribution in [0.15, 0.2) is 18.2 Å². The highest BCUT2D eigenvalue weighted by Crippen LogP contribution is 2.24. The number of hydrogen-bond donors (Lipinski definition) is 1. The Balaban J connectivity index is 2.22. The first-order valence-corrected chi connectivity index (χ1v) is 6.45. The van der Waals surface area contributed by atoms with Crippen LogP contribution in [-0.4, -0.2) is 36.9 Å². The van der Waals surface area contributed by atoms with Crippen molar-refractivity contribution in [2.75, 3.05) is 20.2 Å². The van der Waals surface area contributed by atoms with Gasteiger partial charge in [0.15, 0.2) is 0 Å². The van der Waals surface area contributed by atoms with Gasteiger partial charge in [-0.15, -0.1) is 0 Å². The molecule has 20 heavy (non-hydrogen) atoms. The smallest absolute Gasteiger partial charge is 0.257 e. The van der Waals surface area contributed by atoms with E-state index in [1.54, 1.807) is 0 Å². The number of amides is 2. The summed E-state index contributed by atoms with van der Waals surface area (Å²) >= 11 is 0. The van der Waals surface area contributed by atoms with Crippen molar-refractivity contribution in [3.8, 4) is 5.75 Å². The molecule has 1 saturated heterocycles. The Morgan fingerprint density at radius 2 is 2.20 bits per heavy atom. The Hall–Kier alpha value is -2.11. The van der Waals surface area contributed by atoms with E-state index in [0.717, 1.165) is 6.07 Å². The molecule has 108 valence electrons. The van der Waals surface area contributed by atoms with Crippen molar-refractivity contribution in [2.45, 2.75) is 12.8 Å². The van der Waals surface area contributed by atoms with E-state index in [2.05, 4.69) is 0 Å². The summed E-state index contributed by atoms with van der Waals surface area (Å²) in [5, 5.41) is 0. The molecule has 0 bridgehead atoms. The van der Waals surface area contributed by atoms with Crippen molar-refractivity contribution in [1.82, 2.24) is 4.90 Å². The number of rotatable bonds is 3. The average molecular weight is 280 g/mol. The topological polar surface area (TPSA) is 72.6 Å². The molecular formula is C14H17FN2O3. The van der Waals surface area contributed by atoms with Crippen molar-refractivity contribution in [3.63, 3.8) is 0 Å². The van der Waals surface area contributed by atoms with Gasteiger partial charge in [0.2, 0.25) is 5.91 Å². The first-order valence-electron chi connectivity index (χ1n) is 6.45. The van der Waals surface area contributed by atoms with Crippen LogP contribution >= 0.6 is 0 Å². The summed E-state index contributed by atoms with van der Waals surface area (Å²) in [4.78, 5) is 25.2. The fourth-order valence-corrected chi connectivity index (χ4v) is 2.41. The van der Waals surface area contributed by atoms with Crippen LogP contribution in [0.3, 0.4) is 0 Å². The normalized spacial score (nSPS) is 18.7. The van der Waals surface area contributed by atoms with Gasteiger partial charge >= 0.3 is 0 Å². The van der Waals surface area contributed by atoms with Gasteiger partial charge in [-0.3, -0.25) is 9.59 Å². The highest BCUT2D eigenvalue weighted by Gasteiger charge is 2.29. The zero-order valence-corrected chi connectivity index (χ0v) is 11.3. The summed E-state index contributed by atoms with van der Waals surface area (Å²) in [6, 6.07) is 3.80. The maximum atomic E-state index is 13.3. The minimum atomic E-state index is -0.502. The molecular weight excluding hydrogens is 263 g/mol. The molecule has 1 aliphatic rings. The minimum absolute atomic E-state index is 0.164. The van der Waals surface area contributed by atoms with E-state index in [4.69, 9.17) is 10.5 Å². The van der Waals surface area contributed by atoms with Crippen LogP contribution in [0.1, 0.15) is 23.2 Å². The van der Waals surface area contributed by atoms with Crippen molar-refractivity contribution >= 4 is 11.8 Å². The molecule has 0 spiro atoms. The zero-order chi connectivity index (χ0) is 14.7. The molecule has 6 heteroatoms. The first-order chi connectivity index (χ1) is 9.52. The number of ether oxygens (including phenoxy) is 1. The Labute approximate surface area is 116 Å². The lowest BCUT2D eigenvalue weighted by Gasteiger charge is -2.31. The molecule has 1 aromatic rings. The number of nitrogens with two attached hydrogens (primary N) is 1. The number of carbonyl (C=O) groups excluding carboxylic acids is 2. The summed E-state index contributed by atoms with van der Waals surface area (Å²) in [7, 11) is 1.42. The number of methoxy groups -OCH3 is 1. The second-order valence-corrected chi connectivity index (χ2v) is 4.84. The first kappa shape index (κ1) is 14.3. The van der Waals surface area contributed by atoms with Gasteiger partial charge in [-0.1, -0.05) is 0 Å². The molecule has 0 aromatic heterocycles. The standard InChI is InChI=1S/C14H17FN2O3/c1-20-12-5-4-10(15)7-11(12)14(19)17-6-2-3-9(8-17)13(16)18/h4-5,7,9H,2-3,6,8H2,1H3,(H2,16,18). The molecule has 1 aliphatic heterocycles. The second-order valence-electron chi connectivity index (χ2n) is 4.84. The Kier molecular flexibility index (Phi) is 4.22. The highest BCUT2D eigenvalue weighted by molar-refractivity contribution is 5.97. The molecule has 1 fully saturated rings. The monoisotopic (exact) mass is 280 g/mol. The van der Waals surface area contributed by atoms with Gasteiger partial charge in [-0.2, -0.15) is 0 Å². The molecule has 0 aliphatic carbocycles. The van der Waals surface area contributed by atoms with Gasteiger partial charge in [0.25, 0.3) is 5.91 Å². The highest BCUT2D eigenvalue weighted by atomic mass is 19.1. The van der Waals surface area contributed by atoms with Crippen LogP contribution < -0.4 is 10.5 Å². The Morgan fingerprint density at radius 1 is 1.45 bits per heavy atom. The van der Waals surface area contributed by atoms with Crippen LogP contribution in [0, 0.1) is 11.7 Å².